The molecule has 5 nitrogen and oxygen atoms in total. The Kier molecular flexibility index (Phi) is 4.98. The molecule has 2 aromatic heterocycles. The lowest BCUT2D eigenvalue weighted by Crippen LogP contribution is -2.22. The van der Waals surface area contributed by atoms with Gasteiger partial charge in [-0.25, -0.2) is 9.97 Å². The molecule has 1 N–H and O–H groups in total. The Balaban J connectivity index is 1.29. The number of aromatic nitrogens is 2. The summed E-state index contributed by atoms with van der Waals surface area (Å²) in [5.41, 5.74) is 3.15. The van der Waals surface area contributed by atoms with E-state index in [2.05, 4.69) is 15.3 Å². The van der Waals surface area contributed by atoms with Crippen molar-refractivity contribution < 1.29 is 9.21 Å². The fourth-order valence-corrected chi connectivity index (χ4v) is 3.66. The second-order valence-electron chi connectivity index (χ2n) is 6.34. The van der Waals surface area contributed by atoms with E-state index in [1.807, 2.05) is 55.5 Å². The number of rotatable bonds is 6. The van der Waals surface area contributed by atoms with Gasteiger partial charge in [-0.3, -0.25) is 4.79 Å². The van der Waals surface area contributed by atoms with Crippen LogP contribution in [-0.4, -0.2) is 15.9 Å². The molecule has 0 fully saturated rings. The Morgan fingerprint density at radius 2 is 1.96 bits per heavy atom. The number of benzene rings is 2. The van der Waals surface area contributed by atoms with Gasteiger partial charge in [0.1, 0.15) is 5.01 Å². The number of aryl methyl sites for hydroxylation is 2. The van der Waals surface area contributed by atoms with Crippen molar-refractivity contribution in [3.63, 3.8) is 0 Å². The number of carbonyl (C=O) groups is 1. The molecule has 136 valence electrons. The molecule has 2 heterocycles. The quantitative estimate of drug-likeness (QED) is 0.537. The third-order valence-corrected chi connectivity index (χ3v) is 5.27. The number of thiazole rings is 1. The minimum Gasteiger partial charge on any atom is -0.441 e. The Hall–Kier alpha value is -2.99. The van der Waals surface area contributed by atoms with Crippen LogP contribution in [-0.2, 0) is 17.8 Å². The zero-order valence-electron chi connectivity index (χ0n) is 14.9. The second-order valence-corrected chi connectivity index (χ2v) is 7.45. The smallest absolute Gasteiger partial charge is 0.220 e. The summed E-state index contributed by atoms with van der Waals surface area (Å²) >= 11 is 1.60. The van der Waals surface area contributed by atoms with E-state index in [1.54, 1.807) is 17.5 Å². The molecule has 27 heavy (non-hydrogen) atoms. The number of hydrogen-bond donors (Lipinski definition) is 1. The van der Waals surface area contributed by atoms with Gasteiger partial charge in [-0.1, -0.05) is 42.0 Å². The van der Waals surface area contributed by atoms with Crippen LogP contribution in [0.5, 0.6) is 0 Å². The summed E-state index contributed by atoms with van der Waals surface area (Å²) in [6.07, 6.45) is 2.51. The Morgan fingerprint density at radius 1 is 1.15 bits per heavy atom. The molecule has 0 spiro atoms. The van der Waals surface area contributed by atoms with Gasteiger partial charge in [0.15, 0.2) is 11.7 Å². The minimum absolute atomic E-state index is 0.0376. The summed E-state index contributed by atoms with van der Waals surface area (Å²) in [4.78, 5) is 20.9. The molecular weight excluding hydrogens is 358 g/mol. The van der Waals surface area contributed by atoms with Gasteiger partial charge in [-0.05, 0) is 19.1 Å². The summed E-state index contributed by atoms with van der Waals surface area (Å²) in [6, 6.07) is 16.0. The molecule has 0 atom stereocenters. The van der Waals surface area contributed by atoms with Crippen molar-refractivity contribution in [3.8, 4) is 11.3 Å². The molecule has 0 radical (unpaired) electrons. The lowest BCUT2D eigenvalue weighted by molar-refractivity contribution is -0.121. The lowest BCUT2D eigenvalue weighted by Gasteiger charge is -2.01. The van der Waals surface area contributed by atoms with E-state index in [4.69, 9.17) is 4.42 Å². The van der Waals surface area contributed by atoms with Crippen molar-refractivity contribution in [1.82, 2.24) is 15.3 Å². The summed E-state index contributed by atoms with van der Waals surface area (Å²) in [6.45, 7) is 2.49. The first-order valence-corrected chi connectivity index (χ1v) is 9.62. The molecule has 0 saturated carbocycles. The van der Waals surface area contributed by atoms with Gasteiger partial charge in [-0.15, -0.1) is 11.3 Å². The molecule has 4 rings (SSSR count). The minimum atomic E-state index is -0.0376. The molecule has 0 saturated heterocycles. The number of amides is 1. The molecule has 0 aliphatic rings. The Bertz CT molecular complexity index is 1030. The maximum absolute atomic E-state index is 12.1. The average Bonchev–Trinajstić information content (AvgIpc) is 3.32. The molecule has 0 aliphatic carbocycles. The molecule has 2 aromatic carbocycles. The van der Waals surface area contributed by atoms with Crippen LogP contribution in [0.25, 0.3) is 21.5 Å². The van der Waals surface area contributed by atoms with Gasteiger partial charge < -0.3 is 9.73 Å². The molecule has 6 heteroatoms. The highest BCUT2D eigenvalue weighted by Crippen LogP contribution is 2.22. The second kappa shape index (κ2) is 7.72. The average molecular weight is 377 g/mol. The van der Waals surface area contributed by atoms with Crippen LogP contribution in [0.4, 0.5) is 0 Å². The zero-order chi connectivity index (χ0) is 18.6. The predicted octanol–water partition coefficient (Wildman–Crippen LogP) is 4.51. The van der Waals surface area contributed by atoms with Crippen LogP contribution in [0.15, 0.2) is 59.1 Å². The predicted molar refractivity (Wildman–Crippen MR) is 106 cm³/mol. The van der Waals surface area contributed by atoms with Crippen molar-refractivity contribution in [1.29, 1.82) is 0 Å². The van der Waals surface area contributed by atoms with Crippen LogP contribution in [0, 0.1) is 6.92 Å². The molecular formula is C21H19N3O2S. The van der Waals surface area contributed by atoms with Crippen LogP contribution in [0.2, 0.25) is 0 Å². The summed E-state index contributed by atoms with van der Waals surface area (Å²) in [5.74, 6) is 1.25. The monoisotopic (exact) mass is 377 g/mol. The number of nitrogens with zero attached hydrogens (tertiary/aromatic N) is 2. The van der Waals surface area contributed by atoms with Crippen molar-refractivity contribution in [2.75, 3.05) is 0 Å². The number of fused-ring (bicyclic) bond motifs is 1. The van der Waals surface area contributed by atoms with Crippen LogP contribution < -0.4 is 5.32 Å². The maximum Gasteiger partial charge on any atom is 0.220 e. The molecule has 4 aromatic rings. The van der Waals surface area contributed by atoms with E-state index >= 15 is 0 Å². The Morgan fingerprint density at radius 3 is 2.78 bits per heavy atom. The first-order valence-electron chi connectivity index (χ1n) is 8.80. The molecule has 0 unspecified atom stereocenters. The van der Waals surface area contributed by atoms with Gasteiger partial charge in [0, 0.05) is 18.4 Å². The highest BCUT2D eigenvalue weighted by atomic mass is 32.1. The first kappa shape index (κ1) is 17.4. The van der Waals surface area contributed by atoms with Gasteiger partial charge in [0.2, 0.25) is 5.91 Å². The summed E-state index contributed by atoms with van der Waals surface area (Å²) in [7, 11) is 0. The van der Waals surface area contributed by atoms with Gasteiger partial charge in [-0.2, -0.15) is 0 Å². The third-order valence-electron chi connectivity index (χ3n) is 4.23. The van der Waals surface area contributed by atoms with E-state index in [1.165, 1.54) is 5.56 Å². The summed E-state index contributed by atoms with van der Waals surface area (Å²) in [5, 5.41) is 3.82. The van der Waals surface area contributed by atoms with Gasteiger partial charge in [0.05, 0.1) is 23.0 Å². The standard InChI is InChI=1S/C21H19N3O2S/c1-14-6-8-15(9-7-14)17-12-23-20(26-17)11-10-19(25)22-13-21-24-16-4-2-3-5-18(16)27-21/h2-9,12H,10-11,13H2,1H3,(H,22,25). The van der Waals surface area contributed by atoms with E-state index in [-0.39, 0.29) is 5.91 Å². The van der Waals surface area contributed by atoms with Crippen molar-refractivity contribution >= 4 is 27.5 Å². The number of hydrogen-bond acceptors (Lipinski definition) is 5. The highest BCUT2D eigenvalue weighted by molar-refractivity contribution is 7.18. The van der Waals surface area contributed by atoms with E-state index in [0.29, 0.717) is 25.3 Å². The normalized spacial score (nSPS) is 11.0. The Labute approximate surface area is 161 Å². The topological polar surface area (TPSA) is 68.0 Å². The number of oxazole rings is 1. The van der Waals surface area contributed by atoms with Gasteiger partial charge in [0.25, 0.3) is 0 Å². The molecule has 1 amide bonds. The van der Waals surface area contributed by atoms with Crippen molar-refractivity contribution in [2.24, 2.45) is 0 Å². The maximum atomic E-state index is 12.1. The van der Waals surface area contributed by atoms with Crippen molar-refractivity contribution in [3.05, 3.63) is 71.2 Å². The third kappa shape index (κ3) is 4.23. The number of para-hydroxylation sites is 1. The summed E-state index contributed by atoms with van der Waals surface area (Å²) < 4.78 is 6.89. The van der Waals surface area contributed by atoms with Crippen LogP contribution in [0.3, 0.4) is 0 Å². The van der Waals surface area contributed by atoms with Crippen LogP contribution >= 0.6 is 11.3 Å². The number of nitrogens with one attached hydrogen (secondary N) is 1. The van der Waals surface area contributed by atoms with E-state index in [0.717, 1.165) is 26.5 Å². The lowest BCUT2D eigenvalue weighted by atomic mass is 10.1. The van der Waals surface area contributed by atoms with Crippen molar-refractivity contribution in [2.45, 2.75) is 26.3 Å². The first-order chi connectivity index (χ1) is 13.2. The zero-order valence-corrected chi connectivity index (χ0v) is 15.8. The molecule has 0 aliphatic heterocycles. The highest BCUT2D eigenvalue weighted by Gasteiger charge is 2.10. The molecule has 0 bridgehead atoms. The largest absolute Gasteiger partial charge is 0.441 e. The van der Waals surface area contributed by atoms with E-state index in [9.17, 15) is 4.79 Å². The SMILES string of the molecule is Cc1ccc(-c2cnc(CCC(=O)NCc3nc4ccccc4s3)o2)cc1. The van der Waals surface area contributed by atoms with Gasteiger partial charge >= 0.3 is 0 Å². The fourth-order valence-electron chi connectivity index (χ4n) is 2.76. The number of carbonyl (C=O) groups excluding carboxylic acids is 1. The fraction of sp³-hybridized carbons (Fsp3) is 0.190. The van der Waals surface area contributed by atoms with E-state index < -0.39 is 0 Å². The van der Waals surface area contributed by atoms with Crippen LogP contribution in [0.1, 0.15) is 22.9 Å².